The number of carbonyl (C=O) groups excluding carboxylic acids is 2. The van der Waals surface area contributed by atoms with E-state index in [1.54, 1.807) is 0 Å². The average molecular weight is 281 g/mol. The third-order valence-electron chi connectivity index (χ3n) is 2.61. The molecule has 0 aromatic heterocycles. The van der Waals surface area contributed by atoms with Gasteiger partial charge >= 0.3 is 0 Å². The molecule has 1 aromatic rings. The van der Waals surface area contributed by atoms with Crippen LogP contribution in [0.1, 0.15) is 27.2 Å². The number of carbonyl (C=O) groups is 2. The Morgan fingerprint density at radius 1 is 1.30 bits per heavy atom. The van der Waals surface area contributed by atoms with Gasteiger partial charge in [-0.15, -0.1) is 0 Å². The zero-order valence-corrected chi connectivity index (χ0v) is 11.9. The first-order valence-corrected chi connectivity index (χ1v) is 6.43. The minimum atomic E-state index is -0.621. The third kappa shape index (κ3) is 4.97. The standard InChI is InChI=1S/C14H20FN3O2/c1-8(2)6-12(16)14(20)18-10-4-5-11(15)13(7-10)17-9(3)19/h4-5,7-8,12H,6,16H2,1-3H3,(H,17,19)(H,18,20). The van der Waals surface area contributed by atoms with E-state index in [1.165, 1.54) is 25.1 Å². The lowest BCUT2D eigenvalue weighted by Crippen LogP contribution is -2.36. The first-order valence-electron chi connectivity index (χ1n) is 6.43. The first kappa shape index (κ1) is 16.1. The molecule has 4 N–H and O–H groups in total. The Morgan fingerprint density at radius 3 is 2.50 bits per heavy atom. The molecule has 1 atom stereocenters. The molecule has 0 radical (unpaired) electrons. The maximum absolute atomic E-state index is 13.4. The van der Waals surface area contributed by atoms with Gasteiger partial charge in [-0.2, -0.15) is 0 Å². The molecular weight excluding hydrogens is 261 g/mol. The van der Waals surface area contributed by atoms with Crippen LogP contribution in [0.15, 0.2) is 18.2 Å². The number of anilines is 2. The maximum Gasteiger partial charge on any atom is 0.241 e. The molecule has 0 fully saturated rings. The van der Waals surface area contributed by atoms with E-state index < -0.39 is 11.9 Å². The predicted molar refractivity (Wildman–Crippen MR) is 76.8 cm³/mol. The highest BCUT2D eigenvalue weighted by Crippen LogP contribution is 2.20. The minimum Gasteiger partial charge on any atom is -0.325 e. The minimum absolute atomic E-state index is 0.0210. The summed E-state index contributed by atoms with van der Waals surface area (Å²) in [6.45, 7) is 5.23. The largest absolute Gasteiger partial charge is 0.325 e. The van der Waals surface area contributed by atoms with E-state index >= 15 is 0 Å². The zero-order chi connectivity index (χ0) is 15.3. The molecule has 0 saturated carbocycles. The van der Waals surface area contributed by atoms with Gasteiger partial charge in [0.1, 0.15) is 5.82 Å². The normalized spacial score (nSPS) is 12.1. The molecule has 0 aliphatic carbocycles. The van der Waals surface area contributed by atoms with Crippen molar-refractivity contribution < 1.29 is 14.0 Å². The van der Waals surface area contributed by atoms with Gasteiger partial charge in [0.25, 0.3) is 0 Å². The number of benzene rings is 1. The summed E-state index contributed by atoms with van der Waals surface area (Å²) in [7, 11) is 0. The summed E-state index contributed by atoms with van der Waals surface area (Å²) >= 11 is 0. The SMILES string of the molecule is CC(=O)Nc1cc(NC(=O)C(N)CC(C)C)ccc1F. The van der Waals surface area contributed by atoms with Crippen molar-refractivity contribution in [3.8, 4) is 0 Å². The van der Waals surface area contributed by atoms with Crippen molar-refractivity contribution in [3.63, 3.8) is 0 Å². The van der Waals surface area contributed by atoms with Gasteiger partial charge in [0.05, 0.1) is 11.7 Å². The van der Waals surface area contributed by atoms with Crippen LogP contribution in [0.3, 0.4) is 0 Å². The molecule has 2 amide bonds. The summed E-state index contributed by atoms with van der Waals surface area (Å²) in [6, 6.07) is 3.33. The number of rotatable bonds is 5. The van der Waals surface area contributed by atoms with Gasteiger partial charge in [0, 0.05) is 12.6 Å². The lowest BCUT2D eigenvalue weighted by molar-refractivity contribution is -0.117. The summed E-state index contributed by atoms with van der Waals surface area (Å²) in [5.74, 6) is -0.980. The third-order valence-corrected chi connectivity index (χ3v) is 2.61. The fourth-order valence-electron chi connectivity index (χ4n) is 1.74. The zero-order valence-electron chi connectivity index (χ0n) is 11.9. The number of hydrogen-bond donors (Lipinski definition) is 3. The van der Waals surface area contributed by atoms with E-state index in [1.807, 2.05) is 13.8 Å². The van der Waals surface area contributed by atoms with E-state index in [0.717, 1.165) is 0 Å². The number of amides is 2. The molecule has 1 aromatic carbocycles. The van der Waals surface area contributed by atoms with Crippen molar-refractivity contribution in [2.24, 2.45) is 11.7 Å². The topological polar surface area (TPSA) is 84.2 Å². The highest BCUT2D eigenvalue weighted by Gasteiger charge is 2.15. The van der Waals surface area contributed by atoms with Crippen LogP contribution in [-0.4, -0.2) is 17.9 Å². The van der Waals surface area contributed by atoms with Crippen LogP contribution in [0.2, 0.25) is 0 Å². The van der Waals surface area contributed by atoms with Gasteiger partial charge in [-0.3, -0.25) is 9.59 Å². The molecule has 20 heavy (non-hydrogen) atoms. The number of nitrogens with one attached hydrogen (secondary N) is 2. The van der Waals surface area contributed by atoms with Crippen LogP contribution < -0.4 is 16.4 Å². The van der Waals surface area contributed by atoms with Gasteiger partial charge in [-0.05, 0) is 30.5 Å². The van der Waals surface area contributed by atoms with E-state index in [4.69, 9.17) is 5.73 Å². The Balaban J connectivity index is 2.77. The molecular formula is C14H20FN3O2. The van der Waals surface area contributed by atoms with Crippen molar-refractivity contribution >= 4 is 23.2 Å². The Kier molecular flexibility index (Phi) is 5.64. The number of nitrogens with two attached hydrogens (primary N) is 1. The van der Waals surface area contributed by atoms with Gasteiger partial charge < -0.3 is 16.4 Å². The molecule has 6 heteroatoms. The van der Waals surface area contributed by atoms with E-state index in [2.05, 4.69) is 10.6 Å². The lowest BCUT2D eigenvalue weighted by Gasteiger charge is -2.15. The van der Waals surface area contributed by atoms with Crippen molar-refractivity contribution in [1.82, 2.24) is 0 Å². The quantitative estimate of drug-likeness (QED) is 0.772. The first-order chi connectivity index (χ1) is 9.29. The van der Waals surface area contributed by atoms with Gasteiger partial charge in [-0.25, -0.2) is 4.39 Å². The molecule has 0 saturated heterocycles. The maximum atomic E-state index is 13.4. The number of halogens is 1. The monoisotopic (exact) mass is 281 g/mol. The Bertz CT molecular complexity index is 503. The average Bonchev–Trinajstić information content (AvgIpc) is 2.31. The molecule has 1 unspecified atom stereocenters. The highest BCUT2D eigenvalue weighted by molar-refractivity contribution is 5.96. The van der Waals surface area contributed by atoms with Crippen LogP contribution in [0.5, 0.6) is 0 Å². The summed E-state index contributed by atoms with van der Waals surface area (Å²) < 4.78 is 13.4. The molecule has 0 aliphatic rings. The van der Waals surface area contributed by atoms with Crippen molar-refractivity contribution in [2.75, 3.05) is 10.6 Å². The van der Waals surface area contributed by atoms with Crippen LogP contribution >= 0.6 is 0 Å². The predicted octanol–water partition coefficient (Wildman–Crippen LogP) is 2.10. The Labute approximate surface area is 117 Å². The van der Waals surface area contributed by atoms with Crippen LogP contribution in [0.25, 0.3) is 0 Å². The summed E-state index contributed by atoms with van der Waals surface area (Å²) in [5, 5.41) is 4.96. The number of hydrogen-bond acceptors (Lipinski definition) is 3. The smallest absolute Gasteiger partial charge is 0.241 e. The molecule has 0 aliphatic heterocycles. The van der Waals surface area contributed by atoms with Crippen LogP contribution in [0.4, 0.5) is 15.8 Å². The van der Waals surface area contributed by atoms with Gasteiger partial charge in [0.15, 0.2) is 0 Å². The molecule has 0 heterocycles. The van der Waals surface area contributed by atoms with Gasteiger partial charge in [0.2, 0.25) is 11.8 Å². The van der Waals surface area contributed by atoms with Gasteiger partial charge in [-0.1, -0.05) is 13.8 Å². The van der Waals surface area contributed by atoms with E-state index in [9.17, 15) is 14.0 Å². The molecule has 5 nitrogen and oxygen atoms in total. The van der Waals surface area contributed by atoms with Crippen LogP contribution in [0, 0.1) is 11.7 Å². The highest BCUT2D eigenvalue weighted by atomic mass is 19.1. The molecule has 110 valence electrons. The van der Waals surface area contributed by atoms with E-state index in [0.29, 0.717) is 18.0 Å². The van der Waals surface area contributed by atoms with Crippen molar-refractivity contribution in [3.05, 3.63) is 24.0 Å². The molecule has 1 rings (SSSR count). The fourth-order valence-corrected chi connectivity index (χ4v) is 1.74. The molecule has 0 spiro atoms. The summed E-state index contributed by atoms with van der Waals surface area (Å²) in [6.07, 6.45) is 0.561. The van der Waals surface area contributed by atoms with E-state index in [-0.39, 0.29) is 17.5 Å². The summed E-state index contributed by atoms with van der Waals surface area (Å²) in [4.78, 5) is 22.8. The second-order valence-corrected chi connectivity index (χ2v) is 5.10. The van der Waals surface area contributed by atoms with Crippen molar-refractivity contribution in [1.29, 1.82) is 0 Å². The lowest BCUT2D eigenvalue weighted by atomic mass is 10.0. The van der Waals surface area contributed by atoms with Crippen molar-refractivity contribution in [2.45, 2.75) is 33.2 Å². The molecule has 0 bridgehead atoms. The Hall–Kier alpha value is -1.95. The second kappa shape index (κ2) is 7.00. The Morgan fingerprint density at radius 2 is 1.95 bits per heavy atom. The fraction of sp³-hybridized carbons (Fsp3) is 0.429. The second-order valence-electron chi connectivity index (χ2n) is 5.10. The summed E-state index contributed by atoms with van der Waals surface area (Å²) in [5.41, 5.74) is 6.17. The van der Waals surface area contributed by atoms with Crippen LogP contribution in [-0.2, 0) is 9.59 Å².